The van der Waals surface area contributed by atoms with Gasteiger partial charge in [0.25, 0.3) is 5.56 Å². The van der Waals surface area contributed by atoms with E-state index in [9.17, 15) is 9.59 Å². The monoisotopic (exact) mass is 338 g/mol. The highest BCUT2D eigenvalue weighted by atomic mass is 32.2. The van der Waals surface area contributed by atoms with Crippen LogP contribution in [0.2, 0.25) is 0 Å². The van der Waals surface area contributed by atoms with E-state index in [-0.39, 0.29) is 5.56 Å². The zero-order valence-corrected chi connectivity index (χ0v) is 14.5. The van der Waals surface area contributed by atoms with Crippen LogP contribution in [0, 0.1) is 6.92 Å². The number of thioether (sulfide) groups is 1. The molecular weight excluding hydrogens is 320 g/mol. The molecule has 5 nitrogen and oxygen atoms in total. The number of nitrogens with zero attached hydrogens (tertiary/aromatic N) is 2. The summed E-state index contributed by atoms with van der Waals surface area (Å²) in [5.41, 5.74) is 0.506. The maximum absolute atomic E-state index is 12.7. The Morgan fingerprint density at radius 3 is 2.82 bits per heavy atom. The van der Waals surface area contributed by atoms with E-state index >= 15 is 0 Å². The van der Waals surface area contributed by atoms with Crippen LogP contribution in [0.3, 0.4) is 0 Å². The fourth-order valence-corrected chi connectivity index (χ4v) is 3.97. The molecule has 0 amide bonds. The lowest BCUT2D eigenvalue weighted by atomic mass is 10.2. The van der Waals surface area contributed by atoms with E-state index in [2.05, 4.69) is 11.6 Å². The first-order chi connectivity index (χ1) is 10.5. The molecule has 0 bridgehead atoms. The first-order valence-electron chi connectivity index (χ1n) is 6.99. The molecule has 7 heteroatoms. The van der Waals surface area contributed by atoms with Crippen molar-refractivity contribution < 1.29 is 9.53 Å². The van der Waals surface area contributed by atoms with E-state index in [0.717, 1.165) is 5.75 Å². The van der Waals surface area contributed by atoms with Crippen molar-refractivity contribution in [3.05, 3.63) is 33.4 Å². The number of rotatable bonds is 6. The van der Waals surface area contributed by atoms with Gasteiger partial charge in [-0.1, -0.05) is 24.8 Å². The third-order valence-electron chi connectivity index (χ3n) is 3.06. The van der Waals surface area contributed by atoms with Gasteiger partial charge in [0, 0.05) is 6.54 Å². The molecule has 0 spiro atoms. The summed E-state index contributed by atoms with van der Waals surface area (Å²) in [7, 11) is 0. The molecule has 0 atom stereocenters. The number of aromatic nitrogens is 2. The van der Waals surface area contributed by atoms with Crippen molar-refractivity contribution >= 4 is 39.3 Å². The fourth-order valence-electron chi connectivity index (χ4n) is 2.12. The van der Waals surface area contributed by atoms with Gasteiger partial charge in [-0.3, -0.25) is 9.36 Å². The van der Waals surface area contributed by atoms with E-state index in [1.807, 2.05) is 6.92 Å². The molecule has 0 aliphatic carbocycles. The summed E-state index contributed by atoms with van der Waals surface area (Å²) in [5.74, 6) is 0.409. The van der Waals surface area contributed by atoms with Crippen LogP contribution in [-0.2, 0) is 11.3 Å². The van der Waals surface area contributed by atoms with Gasteiger partial charge in [0.05, 0.1) is 12.0 Å². The number of ether oxygens (including phenoxy) is 1. The average molecular weight is 338 g/mol. The molecule has 2 aromatic rings. The summed E-state index contributed by atoms with van der Waals surface area (Å²) in [6, 6.07) is 0. The highest BCUT2D eigenvalue weighted by Crippen LogP contribution is 2.29. The van der Waals surface area contributed by atoms with Gasteiger partial charge in [0.2, 0.25) is 0 Å². The topological polar surface area (TPSA) is 61.2 Å². The molecule has 2 rings (SSSR count). The second kappa shape index (κ2) is 7.11. The summed E-state index contributed by atoms with van der Waals surface area (Å²) in [6.07, 6.45) is 1.67. The van der Waals surface area contributed by atoms with Gasteiger partial charge < -0.3 is 4.74 Å². The van der Waals surface area contributed by atoms with Crippen LogP contribution >= 0.6 is 23.1 Å². The van der Waals surface area contributed by atoms with Crippen molar-refractivity contribution in [2.75, 3.05) is 12.4 Å². The first kappa shape index (κ1) is 16.8. The Hall–Kier alpha value is -1.60. The lowest BCUT2D eigenvalue weighted by Gasteiger charge is -2.08. The van der Waals surface area contributed by atoms with Crippen LogP contribution in [0.1, 0.15) is 29.1 Å². The molecule has 0 radical (unpaired) electrons. The summed E-state index contributed by atoms with van der Waals surface area (Å²) < 4.78 is 6.64. The van der Waals surface area contributed by atoms with Crippen LogP contribution in [0.4, 0.5) is 0 Å². The normalized spacial score (nSPS) is 10.9. The molecule has 0 saturated heterocycles. The Labute approximate surface area is 137 Å². The number of aryl methyl sites for hydroxylation is 1. The lowest BCUT2D eigenvalue weighted by Crippen LogP contribution is -2.22. The third-order valence-corrected chi connectivity index (χ3v) is 5.09. The van der Waals surface area contributed by atoms with Crippen molar-refractivity contribution in [1.29, 1.82) is 0 Å². The largest absolute Gasteiger partial charge is 0.462 e. The molecule has 0 unspecified atom stereocenters. The predicted molar refractivity (Wildman–Crippen MR) is 91.2 cm³/mol. The van der Waals surface area contributed by atoms with Crippen LogP contribution in [0.5, 0.6) is 0 Å². The average Bonchev–Trinajstić information content (AvgIpc) is 2.81. The number of esters is 1. The summed E-state index contributed by atoms with van der Waals surface area (Å²) in [4.78, 5) is 30.3. The minimum Gasteiger partial charge on any atom is -0.462 e. The van der Waals surface area contributed by atoms with Gasteiger partial charge in [-0.15, -0.1) is 17.9 Å². The predicted octanol–water partition coefficient (Wildman–Crippen LogP) is 3.24. The minimum absolute atomic E-state index is 0.134. The Bertz CT molecular complexity index is 777. The Balaban J connectivity index is 2.72. The highest BCUT2D eigenvalue weighted by Gasteiger charge is 2.21. The molecule has 0 saturated carbocycles. The van der Waals surface area contributed by atoms with E-state index in [0.29, 0.717) is 39.0 Å². The zero-order valence-electron chi connectivity index (χ0n) is 12.8. The minimum atomic E-state index is -0.401. The first-order valence-corrected chi connectivity index (χ1v) is 8.80. The van der Waals surface area contributed by atoms with Crippen molar-refractivity contribution in [3.63, 3.8) is 0 Å². The number of fused-ring (bicyclic) bond motifs is 1. The number of thiophene rings is 1. The zero-order chi connectivity index (χ0) is 16.3. The van der Waals surface area contributed by atoms with Crippen LogP contribution in [0.15, 0.2) is 22.6 Å². The molecular formula is C15H18N2O3S2. The second-order valence-electron chi connectivity index (χ2n) is 4.49. The van der Waals surface area contributed by atoms with Crippen molar-refractivity contribution in [2.24, 2.45) is 0 Å². The SMILES string of the molecule is C=CCn1c(SCC)nc2sc(C(=O)OCC)c(C)c2c1=O. The van der Waals surface area contributed by atoms with Gasteiger partial charge in [0.1, 0.15) is 9.71 Å². The van der Waals surface area contributed by atoms with Gasteiger partial charge in [-0.2, -0.15) is 0 Å². The molecule has 0 aliphatic heterocycles. The van der Waals surface area contributed by atoms with E-state index in [1.54, 1.807) is 24.5 Å². The maximum atomic E-state index is 12.7. The van der Waals surface area contributed by atoms with Crippen LogP contribution < -0.4 is 5.56 Å². The van der Waals surface area contributed by atoms with Crippen molar-refractivity contribution in [1.82, 2.24) is 9.55 Å². The third kappa shape index (κ3) is 2.96. The second-order valence-corrected chi connectivity index (χ2v) is 6.72. The Kier molecular flexibility index (Phi) is 5.42. The summed E-state index contributed by atoms with van der Waals surface area (Å²) in [5, 5.41) is 1.15. The van der Waals surface area contributed by atoms with E-state index in [1.165, 1.54) is 23.1 Å². The Morgan fingerprint density at radius 1 is 1.50 bits per heavy atom. The van der Waals surface area contributed by atoms with Crippen LogP contribution in [-0.4, -0.2) is 27.9 Å². The molecule has 22 heavy (non-hydrogen) atoms. The van der Waals surface area contributed by atoms with Crippen molar-refractivity contribution in [2.45, 2.75) is 32.5 Å². The number of carbonyl (C=O) groups excluding carboxylic acids is 1. The fraction of sp³-hybridized carbons (Fsp3) is 0.400. The van der Waals surface area contributed by atoms with Gasteiger partial charge in [-0.05, 0) is 25.2 Å². The number of hydrogen-bond donors (Lipinski definition) is 0. The molecule has 0 aromatic carbocycles. The van der Waals surface area contributed by atoms with Crippen molar-refractivity contribution in [3.8, 4) is 0 Å². The standard InChI is InChI=1S/C15H18N2O3S2/c1-5-8-17-13(18)10-9(4)11(14(19)20-6-2)22-12(10)16-15(17)21-7-3/h5H,1,6-8H2,2-4H3. The molecule has 0 N–H and O–H groups in total. The van der Waals surface area contributed by atoms with Gasteiger partial charge in [-0.25, -0.2) is 9.78 Å². The lowest BCUT2D eigenvalue weighted by molar-refractivity contribution is 0.0531. The Morgan fingerprint density at radius 2 is 2.23 bits per heavy atom. The number of hydrogen-bond acceptors (Lipinski definition) is 6. The molecule has 118 valence electrons. The highest BCUT2D eigenvalue weighted by molar-refractivity contribution is 7.99. The molecule has 0 aliphatic rings. The quantitative estimate of drug-likeness (QED) is 0.350. The molecule has 2 aromatic heterocycles. The van der Waals surface area contributed by atoms with Gasteiger partial charge in [0.15, 0.2) is 5.16 Å². The van der Waals surface area contributed by atoms with E-state index in [4.69, 9.17) is 4.74 Å². The smallest absolute Gasteiger partial charge is 0.348 e. The van der Waals surface area contributed by atoms with E-state index < -0.39 is 5.97 Å². The number of allylic oxidation sites excluding steroid dienone is 1. The summed E-state index contributed by atoms with van der Waals surface area (Å²) >= 11 is 2.71. The summed E-state index contributed by atoms with van der Waals surface area (Å²) in [6.45, 7) is 9.91. The van der Waals surface area contributed by atoms with Gasteiger partial charge >= 0.3 is 5.97 Å². The molecule has 2 heterocycles. The van der Waals surface area contributed by atoms with Crippen LogP contribution in [0.25, 0.3) is 10.2 Å². The maximum Gasteiger partial charge on any atom is 0.348 e. The number of carbonyl (C=O) groups is 1. The molecule has 0 fully saturated rings.